The van der Waals surface area contributed by atoms with Gasteiger partial charge in [-0.3, -0.25) is 0 Å². The highest BCUT2D eigenvalue weighted by atomic mass is 31.2. The topological polar surface area (TPSA) is 0 Å². The maximum atomic E-state index is 2.43. The summed E-state index contributed by atoms with van der Waals surface area (Å²) in [5, 5.41) is 2.72. The molecule has 0 amide bonds. The molecular weight excluding hydrogens is 470 g/mol. The van der Waals surface area contributed by atoms with Crippen LogP contribution < -0.4 is 0 Å². The normalized spacial score (nSPS) is 23.9. The van der Waals surface area contributed by atoms with E-state index in [2.05, 4.69) is 34.6 Å². The Labute approximate surface area is 232 Å². The minimum atomic E-state index is 0.216. The van der Waals surface area contributed by atoms with Gasteiger partial charge >= 0.3 is 0 Å². The van der Waals surface area contributed by atoms with Gasteiger partial charge in [-0.1, -0.05) is 147 Å². The van der Waals surface area contributed by atoms with Crippen molar-refractivity contribution in [3.05, 3.63) is 0 Å². The largest absolute Gasteiger partial charge is 0.0927 e. The van der Waals surface area contributed by atoms with Crippen LogP contribution in [0.5, 0.6) is 0 Å². The monoisotopic (exact) mass is 538 g/mol. The summed E-state index contributed by atoms with van der Waals surface area (Å²) in [5.74, 6) is 0. The minimum absolute atomic E-state index is 0.216. The lowest BCUT2D eigenvalue weighted by molar-refractivity contribution is 0.428. The van der Waals surface area contributed by atoms with E-state index in [4.69, 9.17) is 0 Å². The molecular formula is C34H68P2. The predicted octanol–water partition coefficient (Wildman–Crippen LogP) is 13.2. The average molecular weight is 539 g/mol. The second-order valence-electron chi connectivity index (χ2n) is 12.8. The van der Waals surface area contributed by atoms with Crippen LogP contribution in [0.1, 0.15) is 189 Å². The zero-order valence-corrected chi connectivity index (χ0v) is 27.6. The lowest BCUT2D eigenvalue weighted by Gasteiger charge is -2.49. The Morgan fingerprint density at radius 3 is 1.14 bits per heavy atom. The Hall–Kier alpha value is 0.860. The SMILES string of the molecule is CCCCCC(P1CCCC1(CCCCC)CCCCC)P1CCCC1(CCCCC)CCCCC. The van der Waals surface area contributed by atoms with Gasteiger partial charge in [0.05, 0.1) is 0 Å². The quantitative estimate of drug-likeness (QED) is 0.0949. The molecule has 0 saturated carbocycles. The van der Waals surface area contributed by atoms with E-state index >= 15 is 0 Å². The number of unbranched alkanes of at least 4 members (excludes halogenated alkanes) is 10. The Bertz CT molecular complexity index is 467. The fourth-order valence-electron chi connectivity index (χ4n) is 8.05. The first kappa shape index (κ1) is 33.1. The first-order valence-electron chi connectivity index (χ1n) is 17.2. The van der Waals surface area contributed by atoms with Crippen molar-refractivity contribution in [2.24, 2.45) is 0 Å². The van der Waals surface area contributed by atoms with Gasteiger partial charge in [-0.2, -0.15) is 0 Å². The highest BCUT2D eigenvalue weighted by Crippen LogP contribution is 2.78. The molecule has 0 bridgehead atoms. The van der Waals surface area contributed by atoms with Crippen molar-refractivity contribution in [3.63, 3.8) is 0 Å². The van der Waals surface area contributed by atoms with Crippen LogP contribution in [-0.2, 0) is 0 Å². The molecule has 2 aliphatic heterocycles. The van der Waals surface area contributed by atoms with E-state index in [9.17, 15) is 0 Å². The number of rotatable bonds is 22. The van der Waals surface area contributed by atoms with Gasteiger partial charge in [0.15, 0.2) is 0 Å². The highest BCUT2D eigenvalue weighted by Gasteiger charge is 2.52. The third-order valence-corrected chi connectivity index (χ3v) is 19.1. The molecule has 0 nitrogen and oxygen atoms in total. The van der Waals surface area contributed by atoms with Gasteiger partial charge in [0.1, 0.15) is 0 Å². The molecule has 2 saturated heterocycles. The summed E-state index contributed by atoms with van der Waals surface area (Å²) in [6.07, 6.45) is 39.7. The Balaban J connectivity index is 2.36. The molecule has 0 aliphatic carbocycles. The summed E-state index contributed by atoms with van der Waals surface area (Å²) >= 11 is 0. The Morgan fingerprint density at radius 2 is 0.806 bits per heavy atom. The summed E-state index contributed by atoms with van der Waals surface area (Å²) in [6, 6.07) is 0. The van der Waals surface area contributed by atoms with Crippen LogP contribution >= 0.6 is 15.8 Å². The van der Waals surface area contributed by atoms with Gasteiger partial charge < -0.3 is 0 Å². The molecule has 36 heavy (non-hydrogen) atoms. The lowest BCUT2D eigenvalue weighted by Crippen LogP contribution is -2.32. The fourth-order valence-corrected chi connectivity index (χ4v) is 19.0. The van der Waals surface area contributed by atoms with Gasteiger partial charge in [0.25, 0.3) is 0 Å². The van der Waals surface area contributed by atoms with Crippen LogP contribution in [0.2, 0.25) is 0 Å². The molecule has 2 fully saturated rings. The van der Waals surface area contributed by atoms with Crippen LogP contribution in [0.3, 0.4) is 0 Å². The fraction of sp³-hybridized carbons (Fsp3) is 1.00. The minimum Gasteiger partial charge on any atom is -0.0927 e. The second-order valence-corrected chi connectivity index (χ2v) is 19.2. The molecule has 2 atom stereocenters. The van der Waals surface area contributed by atoms with Crippen molar-refractivity contribution in [2.75, 3.05) is 12.3 Å². The zero-order chi connectivity index (χ0) is 26.1. The molecule has 0 N–H and O–H groups in total. The van der Waals surface area contributed by atoms with E-state index in [0.717, 1.165) is 15.7 Å². The molecule has 0 radical (unpaired) electrons. The van der Waals surface area contributed by atoms with E-state index in [1.54, 1.807) is 76.5 Å². The standard InChI is InChI=1S/C34H68P2/c1-6-11-16-23-32(35-30-21-28-33(35,24-17-12-7-2)25-18-13-8-3)36-31-22-29-34(36,26-19-14-9-4)27-20-15-10-5/h32H,6-31H2,1-5H3. The summed E-state index contributed by atoms with van der Waals surface area (Å²) in [5.41, 5.74) is 0. The molecule has 2 heterocycles. The zero-order valence-electron chi connectivity index (χ0n) is 25.9. The third kappa shape index (κ3) is 9.80. The molecule has 2 rings (SSSR count). The summed E-state index contributed by atoms with van der Waals surface area (Å²) < 4.78 is 0. The van der Waals surface area contributed by atoms with Crippen molar-refractivity contribution < 1.29 is 0 Å². The maximum absolute atomic E-state index is 2.43. The van der Waals surface area contributed by atoms with E-state index in [1.165, 1.54) is 89.9 Å². The van der Waals surface area contributed by atoms with Crippen LogP contribution in [-0.4, -0.2) is 28.0 Å². The van der Waals surface area contributed by atoms with E-state index in [0.29, 0.717) is 0 Å². The molecule has 2 unspecified atom stereocenters. The van der Waals surface area contributed by atoms with Crippen molar-refractivity contribution in [2.45, 2.75) is 204 Å². The summed E-state index contributed by atoms with van der Waals surface area (Å²) in [7, 11) is 0.432. The van der Waals surface area contributed by atoms with Crippen LogP contribution in [0.25, 0.3) is 0 Å². The second kappa shape index (κ2) is 19.0. The van der Waals surface area contributed by atoms with Crippen LogP contribution in [0.4, 0.5) is 0 Å². The maximum Gasteiger partial charge on any atom is 0.000412 e. The van der Waals surface area contributed by atoms with Gasteiger partial charge in [0.2, 0.25) is 0 Å². The molecule has 0 aromatic heterocycles. The lowest BCUT2D eigenvalue weighted by atomic mass is 9.90. The van der Waals surface area contributed by atoms with Crippen LogP contribution in [0.15, 0.2) is 0 Å². The van der Waals surface area contributed by atoms with Gasteiger partial charge in [-0.15, -0.1) is 0 Å². The Morgan fingerprint density at radius 1 is 0.472 bits per heavy atom. The van der Waals surface area contributed by atoms with Crippen LogP contribution in [0, 0.1) is 0 Å². The Kier molecular flexibility index (Phi) is 17.5. The van der Waals surface area contributed by atoms with Crippen molar-refractivity contribution in [1.82, 2.24) is 0 Å². The van der Waals surface area contributed by atoms with Crippen molar-refractivity contribution in [3.8, 4) is 0 Å². The van der Waals surface area contributed by atoms with Gasteiger partial charge in [-0.05, 0) is 80.4 Å². The summed E-state index contributed by atoms with van der Waals surface area (Å²) in [4.78, 5) is 0. The van der Waals surface area contributed by atoms with E-state index in [-0.39, 0.29) is 15.8 Å². The molecule has 0 aromatic rings. The van der Waals surface area contributed by atoms with Gasteiger partial charge in [-0.25, -0.2) is 0 Å². The van der Waals surface area contributed by atoms with E-state index < -0.39 is 0 Å². The predicted molar refractivity (Wildman–Crippen MR) is 172 cm³/mol. The molecule has 0 aromatic carbocycles. The van der Waals surface area contributed by atoms with Gasteiger partial charge in [0, 0.05) is 5.40 Å². The first-order valence-corrected chi connectivity index (χ1v) is 20.4. The third-order valence-electron chi connectivity index (χ3n) is 10.1. The van der Waals surface area contributed by atoms with Crippen molar-refractivity contribution in [1.29, 1.82) is 0 Å². The number of hydrogen-bond donors (Lipinski definition) is 0. The number of hydrogen-bond acceptors (Lipinski definition) is 0. The van der Waals surface area contributed by atoms with E-state index in [1.807, 2.05) is 0 Å². The average Bonchev–Trinajstić information content (AvgIpc) is 3.48. The molecule has 214 valence electrons. The summed E-state index contributed by atoms with van der Waals surface area (Å²) in [6.45, 7) is 12.1. The molecule has 2 aliphatic rings. The smallest absolute Gasteiger partial charge is 0.000412 e. The van der Waals surface area contributed by atoms with Crippen molar-refractivity contribution >= 4 is 15.8 Å². The first-order chi connectivity index (χ1) is 17.6. The molecule has 0 spiro atoms. The highest BCUT2D eigenvalue weighted by molar-refractivity contribution is 7.77. The molecule has 2 heteroatoms.